The van der Waals surface area contributed by atoms with Crippen molar-refractivity contribution in [2.75, 3.05) is 18.6 Å². The molecule has 2 aromatic rings. The minimum atomic E-state index is -3.17. The number of carbonyl (C=O) groups excluding carboxylic acids is 1. The number of sulfone groups is 1. The zero-order chi connectivity index (χ0) is 24.2. The first kappa shape index (κ1) is 25.9. The molecule has 0 spiro atoms. The Morgan fingerprint density at radius 3 is 2.58 bits per heavy atom. The van der Waals surface area contributed by atoms with Crippen LogP contribution in [-0.4, -0.2) is 49.9 Å². The van der Waals surface area contributed by atoms with Gasteiger partial charge in [0.05, 0.1) is 28.3 Å². The molecule has 1 aliphatic heterocycles. The normalized spacial score (nSPS) is 19.0. The van der Waals surface area contributed by atoms with Crippen molar-refractivity contribution in [2.24, 2.45) is 0 Å². The summed E-state index contributed by atoms with van der Waals surface area (Å²) in [5, 5.41) is 0.932. The minimum Gasteiger partial charge on any atom is -0.491 e. The van der Waals surface area contributed by atoms with E-state index in [0.29, 0.717) is 23.0 Å². The molecule has 1 heterocycles. The number of benzene rings is 2. The lowest BCUT2D eigenvalue weighted by Crippen LogP contribution is -2.48. The van der Waals surface area contributed by atoms with Gasteiger partial charge in [0, 0.05) is 24.8 Å². The molecule has 1 fully saturated rings. The zero-order valence-electron chi connectivity index (χ0n) is 19.3. The Labute approximate surface area is 206 Å². The van der Waals surface area contributed by atoms with Crippen LogP contribution in [0.3, 0.4) is 0 Å². The van der Waals surface area contributed by atoms with E-state index in [2.05, 4.69) is 0 Å². The third-order valence-electron chi connectivity index (χ3n) is 5.88. The van der Waals surface area contributed by atoms with Crippen LogP contribution in [0.4, 0.5) is 0 Å². The molecule has 0 radical (unpaired) electrons. The lowest BCUT2D eigenvalue weighted by atomic mass is 9.82. The van der Waals surface area contributed by atoms with Gasteiger partial charge in [0.15, 0.2) is 0 Å². The van der Waals surface area contributed by atoms with Crippen LogP contribution in [0.1, 0.15) is 50.2 Å². The first-order valence-electron chi connectivity index (χ1n) is 11.2. The molecular weight excluding hydrogens is 481 g/mol. The monoisotopic (exact) mass is 511 g/mol. The molecule has 1 aliphatic rings. The highest BCUT2D eigenvalue weighted by molar-refractivity contribution is 7.90. The van der Waals surface area contributed by atoms with Gasteiger partial charge in [0.2, 0.25) is 5.91 Å². The van der Waals surface area contributed by atoms with Crippen LogP contribution in [-0.2, 0) is 21.1 Å². The fraction of sp³-hybridized carbons (Fsp3) is 0.480. The minimum absolute atomic E-state index is 0.00479. The van der Waals surface area contributed by atoms with E-state index in [1.54, 1.807) is 6.07 Å². The summed E-state index contributed by atoms with van der Waals surface area (Å²) in [4.78, 5) is 15.3. The molecule has 2 unspecified atom stereocenters. The van der Waals surface area contributed by atoms with E-state index >= 15 is 0 Å². The van der Waals surface area contributed by atoms with E-state index in [0.717, 1.165) is 29.7 Å². The quantitative estimate of drug-likeness (QED) is 0.467. The van der Waals surface area contributed by atoms with Gasteiger partial charge in [-0.1, -0.05) is 41.4 Å². The van der Waals surface area contributed by atoms with Crippen molar-refractivity contribution in [1.29, 1.82) is 0 Å². The molecule has 0 N–H and O–H groups in total. The Morgan fingerprint density at radius 1 is 1.15 bits per heavy atom. The topological polar surface area (TPSA) is 63.7 Å². The molecule has 0 bridgehead atoms. The fourth-order valence-electron chi connectivity index (χ4n) is 4.47. The molecule has 33 heavy (non-hydrogen) atoms. The summed E-state index contributed by atoms with van der Waals surface area (Å²) in [5.74, 6) is 0.739. The van der Waals surface area contributed by atoms with E-state index < -0.39 is 9.84 Å². The standard InChI is InChI=1S/C25H31Cl2NO4S/c1-17(2)32-20-7-4-6-18(14-20)15-25(29)28-12-5-8-21(24(28)11-13-33(3,30)31)19-9-10-22(26)23(27)16-19/h4,6-7,9-10,14,16-17,21,24H,5,8,11-13,15H2,1-3H3. The van der Waals surface area contributed by atoms with Crippen molar-refractivity contribution in [1.82, 2.24) is 4.90 Å². The largest absolute Gasteiger partial charge is 0.491 e. The maximum absolute atomic E-state index is 13.4. The van der Waals surface area contributed by atoms with Gasteiger partial charge in [0.25, 0.3) is 0 Å². The average Bonchev–Trinajstić information content (AvgIpc) is 2.73. The van der Waals surface area contributed by atoms with Crippen LogP contribution in [0.2, 0.25) is 10.0 Å². The van der Waals surface area contributed by atoms with Gasteiger partial charge < -0.3 is 9.64 Å². The van der Waals surface area contributed by atoms with Crippen LogP contribution < -0.4 is 4.74 Å². The maximum Gasteiger partial charge on any atom is 0.227 e. The third-order valence-corrected chi connectivity index (χ3v) is 7.60. The second-order valence-electron chi connectivity index (χ2n) is 8.99. The fourth-order valence-corrected chi connectivity index (χ4v) is 5.44. The number of hydrogen-bond acceptors (Lipinski definition) is 4. The molecule has 5 nitrogen and oxygen atoms in total. The summed E-state index contributed by atoms with van der Waals surface area (Å²) in [6.45, 7) is 4.52. The van der Waals surface area contributed by atoms with Gasteiger partial charge >= 0.3 is 0 Å². The summed E-state index contributed by atoms with van der Waals surface area (Å²) in [7, 11) is -3.17. The Bertz CT molecular complexity index is 1090. The van der Waals surface area contributed by atoms with Crippen molar-refractivity contribution in [2.45, 2.75) is 57.6 Å². The summed E-state index contributed by atoms with van der Waals surface area (Å²) >= 11 is 12.4. The summed E-state index contributed by atoms with van der Waals surface area (Å²) in [6.07, 6.45) is 3.59. The molecule has 0 aliphatic carbocycles. The predicted octanol–water partition coefficient (Wildman–Crippen LogP) is 5.53. The molecular formula is C25H31Cl2NO4S. The predicted molar refractivity (Wildman–Crippen MR) is 134 cm³/mol. The number of likely N-dealkylation sites (tertiary alicyclic amines) is 1. The Hall–Kier alpha value is -1.76. The third kappa shape index (κ3) is 7.36. The molecule has 1 saturated heterocycles. The van der Waals surface area contributed by atoms with Crippen molar-refractivity contribution in [3.05, 3.63) is 63.6 Å². The lowest BCUT2D eigenvalue weighted by Gasteiger charge is -2.42. The molecule has 8 heteroatoms. The molecule has 2 atom stereocenters. The number of nitrogens with zero attached hydrogens (tertiary/aromatic N) is 1. The highest BCUT2D eigenvalue weighted by atomic mass is 35.5. The van der Waals surface area contributed by atoms with E-state index in [-0.39, 0.29) is 36.1 Å². The highest BCUT2D eigenvalue weighted by Gasteiger charge is 2.35. The van der Waals surface area contributed by atoms with Crippen molar-refractivity contribution < 1.29 is 17.9 Å². The smallest absolute Gasteiger partial charge is 0.227 e. The first-order chi connectivity index (χ1) is 15.5. The number of piperidine rings is 1. The van der Waals surface area contributed by atoms with Gasteiger partial charge in [-0.25, -0.2) is 8.42 Å². The second kappa shape index (κ2) is 11.1. The lowest BCUT2D eigenvalue weighted by molar-refractivity contribution is -0.134. The highest BCUT2D eigenvalue weighted by Crippen LogP contribution is 2.37. The van der Waals surface area contributed by atoms with Crippen LogP contribution in [0, 0.1) is 0 Å². The molecule has 3 rings (SSSR count). The molecule has 180 valence electrons. The van der Waals surface area contributed by atoms with Gasteiger partial charge in [-0.2, -0.15) is 0 Å². The average molecular weight is 512 g/mol. The van der Waals surface area contributed by atoms with E-state index in [1.807, 2.05) is 55.1 Å². The number of rotatable bonds is 8. The second-order valence-corrected chi connectivity index (χ2v) is 12.1. The van der Waals surface area contributed by atoms with Crippen LogP contribution in [0.15, 0.2) is 42.5 Å². The zero-order valence-corrected chi connectivity index (χ0v) is 21.6. The Morgan fingerprint density at radius 2 is 1.91 bits per heavy atom. The van der Waals surface area contributed by atoms with Gasteiger partial charge in [0.1, 0.15) is 15.6 Å². The van der Waals surface area contributed by atoms with Crippen molar-refractivity contribution >= 4 is 38.9 Å². The Balaban J connectivity index is 1.85. The summed E-state index contributed by atoms with van der Waals surface area (Å²) in [5.41, 5.74) is 1.85. The number of ether oxygens (including phenoxy) is 1. The number of carbonyl (C=O) groups is 1. The number of amides is 1. The Kier molecular flexibility index (Phi) is 8.70. The van der Waals surface area contributed by atoms with Crippen molar-refractivity contribution in [3.8, 4) is 5.75 Å². The van der Waals surface area contributed by atoms with Crippen molar-refractivity contribution in [3.63, 3.8) is 0 Å². The van der Waals surface area contributed by atoms with Crippen LogP contribution in [0.5, 0.6) is 5.75 Å². The number of halogens is 2. The molecule has 0 saturated carbocycles. The van der Waals surface area contributed by atoms with Crippen LogP contribution in [0.25, 0.3) is 0 Å². The SMILES string of the molecule is CC(C)Oc1cccc(CC(=O)N2CCCC(c3ccc(Cl)c(Cl)c3)C2CCS(C)(=O)=O)c1. The maximum atomic E-state index is 13.4. The van der Waals surface area contributed by atoms with Crippen LogP contribution >= 0.6 is 23.2 Å². The first-order valence-corrected chi connectivity index (χ1v) is 14.0. The van der Waals surface area contributed by atoms with Gasteiger partial charge in [-0.05, 0) is 68.5 Å². The molecule has 1 amide bonds. The van der Waals surface area contributed by atoms with E-state index in [9.17, 15) is 13.2 Å². The summed E-state index contributed by atoms with van der Waals surface area (Å²) < 4.78 is 29.7. The van der Waals surface area contributed by atoms with Gasteiger partial charge in [-0.3, -0.25) is 4.79 Å². The number of hydrogen-bond donors (Lipinski definition) is 0. The van der Waals surface area contributed by atoms with E-state index in [4.69, 9.17) is 27.9 Å². The molecule has 0 aromatic heterocycles. The van der Waals surface area contributed by atoms with E-state index in [1.165, 1.54) is 6.26 Å². The summed E-state index contributed by atoms with van der Waals surface area (Å²) in [6, 6.07) is 12.9. The molecule has 2 aromatic carbocycles. The van der Waals surface area contributed by atoms with Gasteiger partial charge in [-0.15, -0.1) is 0 Å².